The van der Waals surface area contributed by atoms with Crippen molar-refractivity contribution in [2.45, 2.75) is 181 Å². The van der Waals surface area contributed by atoms with E-state index in [2.05, 4.69) is 47.9 Å². The first-order chi connectivity index (χ1) is 28.5. The highest BCUT2D eigenvalue weighted by Crippen LogP contribution is 2.07. The summed E-state index contributed by atoms with van der Waals surface area (Å²) in [6, 6.07) is -11.0. The van der Waals surface area contributed by atoms with Gasteiger partial charge in [-0.15, -0.1) is 0 Å². The van der Waals surface area contributed by atoms with E-state index >= 15 is 0 Å². The minimum atomic E-state index is -1.25. The number of amides is 9. The van der Waals surface area contributed by atoms with Crippen LogP contribution < -0.4 is 59.3 Å². The zero-order valence-corrected chi connectivity index (χ0v) is 37.0. The van der Waals surface area contributed by atoms with E-state index in [9.17, 15) is 53.1 Å². The normalized spacial score (nSPS) is 15.9. The Labute approximate surface area is 358 Å². The van der Waals surface area contributed by atoms with Gasteiger partial charge in [-0.1, -0.05) is 39.5 Å². The number of carbonyl (C=O) groups excluding carboxylic acids is 9. The zero-order valence-electron chi connectivity index (χ0n) is 37.0. The van der Waals surface area contributed by atoms with Gasteiger partial charge in [0.2, 0.25) is 53.2 Å². The number of hydrogen-bond donors (Lipinski definition) is 12. The molecule has 0 radical (unpaired) electrons. The molecule has 0 heterocycles. The molecule has 22 heteroatoms. The summed E-state index contributed by atoms with van der Waals surface area (Å²) in [5.74, 6) is -7.51. The molecule has 14 N–H and O–H groups in total. The lowest BCUT2D eigenvalue weighted by molar-refractivity contribution is -0.142. The quantitative estimate of drug-likeness (QED) is 0.0344. The molecular weight excluding hydrogens is 798 g/mol. The first kappa shape index (κ1) is 55.6. The van der Waals surface area contributed by atoms with Crippen LogP contribution in [0.1, 0.15) is 120 Å². The molecule has 22 nitrogen and oxygen atoms in total. The summed E-state index contributed by atoms with van der Waals surface area (Å²) in [4.78, 5) is 127. The molecule has 0 aliphatic rings. The molecule has 0 spiro atoms. The van der Waals surface area contributed by atoms with E-state index in [0.717, 1.165) is 6.42 Å². The number of nitrogens with two attached hydrogens (primary N) is 2. The van der Waals surface area contributed by atoms with Crippen molar-refractivity contribution < 1.29 is 53.1 Å². The number of carbonyl (C=O) groups is 10. The van der Waals surface area contributed by atoms with Crippen LogP contribution in [0.3, 0.4) is 0 Å². The predicted molar refractivity (Wildman–Crippen MR) is 225 cm³/mol. The molecule has 0 saturated heterocycles. The molecule has 0 aliphatic carbocycles. The number of carboxylic acids is 1. The van der Waals surface area contributed by atoms with Crippen molar-refractivity contribution in [2.24, 2.45) is 11.5 Å². The predicted octanol–water partition coefficient (Wildman–Crippen LogP) is -2.59. The maximum atomic E-state index is 13.4. The molecule has 0 saturated carbocycles. The Balaban J connectivity index is 5.36. The van der Waals surface area contributed by atoms with E-state index in [1.807, 2.05) is 13.8 Å². The number of aliphatic carboxylic acids is 1. The summed E-state index contributed by atoms with van der Waals surface area (Å²) in [5, 5.41) is 31.6. The largest absolute Gasteiger partial charge is 0.480 e. The Morgan fingerprint density at radius 2 is 0.656 bits per heavy atom. The van der Waals surface area contributed by atoms with Gasteiger partial charge < -0.3 is 64.4 Å². The fraction of sp³-hybridized carbons (Fsp3) is 0.744. The van der Waals surface area contributed by atoms with E-state index < -0.39 is 120 Å². The Bertz CT molecular complexity index is 1510. The highest BCUT2D eigenvalue weighted by atomic mass is 16.4. The molecule has 0 aliphatic heterocycles. The minimum absolute atomic E-state index is 0.145. The Hall–Kier alpha value is -5.38. The fourth-order valence-electron chi connectivity index (χ4n) is 5.36. The van der Waals surface area contributed by atoms with Gasteiger partial charge in [0, 0.05) is 0 Å². The van der Waals surface area contributed by atoms with Gasteiger partial charge in [-0.3, -0.25) is 47.9 Å². The highest BCUT2D eigenvalue weighted by molar-refractivity contribution is 5.98. The molecule has 0 rings (SSSR count). The molecule has 0 unspecified atom stereocenters. The Morgan fingerprint density at radius 1 is 0.393 bits per heavy atom. The zero-order chi connectivity index (χ0) is 47.0. The maximum Gasteiger partial charge on any atom is 0.325 e. The number of nitrogens with one attached hydrogen (secondary N) is 9. The highest BCUT2D eigenvalue weighted by Gasteiger charge is 2.31. The number of rotatable bonds is 29. The molecule has 0 bridgehead atoms. The average molecular weight is 870 g/mol. The van der Waals surface area contributed by atoms with Crippen LogP contribution in [0, 0.1) is 0 Å². The van der Waals surface area contributed by atoms with Gasteiger partial charge in [-0.25, -0.2) is 0 Å². The van der Waals surface area contributed by atoms with Gasteiger partial charge in [0.05, 0.1) is 6.04 Å². The minimum Gasteiger partial charge on any atom is -0.480 e. The smallest absolute Gasteiger partial charge is 0.325 e. The topological polar surface area (TPSA) is 351 Å². The molecule has 348 valence electrons. The first-order valence-electron chi connectivity index (χ1n) is 20.9. The second-order valence-electron chi connectivity index (χ2n) is 15.3. The van der Waals surface area contributed by atoms with Crippen molar-refractivity contribution in [1.29, 1.82) is 0 Å². The third kappa shape index (κ3) is 21.6. The summed E-state index contributed by atoms with van der Waals surface area (Å²) >= 11 is 0. The van der Waals surface area contributed by atoms with Gasteiger partial charge in [-0.2, -0.15) is 0 Å². The van der Waals surface area contributed by atoms with Crippen LogP contribution in [-0.4, -0.2) is 131 Å². The standard InChI is InChI=1S/C39H71N11O11/c1-10-12-16-27(48-30(51)20(3)41)36(57)46-24(7)34(55)44-22(5)32(53)42-21(4)31(52)43-23(6)33(54)45-25(8)35(56)49-29(18-14-15-19-40)38(59)50-28(17-13-11-2)37(58)47-26(9)39(60)61/h20-29H,10-19,40-41H2,1-9H3,(H,42,53)(H,43,52)(H,44,55)(H,45,54)(H,46,57)(H,47,58)(H,48,51)(H,49,56)(H,50,59)(H,60,61)/t20-,21-,22-,23-,24-,25-,26-,27-,28-,29-/m0/s1. The van der Waals surface area contributed by atoms with E-state index in [1.165, 1.54) is 48.5 Å². The summed E-state index contributed by atoms with van der Waals surface area (Å²) in [6.07, 6.45) is 4.28. The lowest BCUT2D eigenvalue weighted by Crippen LogP contribution is -2.59. The molecule has 0 aromatic carbocycles. The third-order valence-electron chi connectivity index (χ3n) is 9.44. The van der Waals surface area contributed by atoms with Crippen molar-refractivity contribution in [1.82, 2.24) is 47.9 Å². The maximum absolute atomic E-state index is 13.4. The molecule has 61 heavy (non-hydrogen) atoms. The van der Waals surface area contributed by atoms with E-state index in [-0.39, 0.29) is 12.8 Å². The van der Waals surface area contributed by atoms with Crippen LogP contribution in [-0.2, 0) is 47.9 Å². The van der Waals surface area contributed by atoms with Gasteiger partial charge in [0.25, 0.3) is 0 Å². The lowest BCUT2D eigenvalue weighted by Gasteiger charge is -2.25. The fourth-order valence-corrected chi connectivity index (χ4v) is 5.36. The molecule has 9 amide bonds. The third-order valence-corrected chi connectivity index (χ3v) is 9.44. The van der Waals surface area contributed by atoms with Crippen LogP contribution in [0.4, 0.5) is 0 Å². The van der Waals surface area contributed by atoms with Crippen molar-refractivity contribution in [3.8, 4) is 0 Å². The van der Waals surface area contributed by atoms with Crippen LogP contribution >= 0.6 is 0 Å². The molecule has 0 aromatic rings. The summed E-state index contributed by atoms with van der Waals surface area (Å²) in [5.41, 5.74) is 11.2. The van der Waals surface area contributed by atoms with Gasteiger partial charge in [-0.05, 0) is 87.1 Å². The Kier molecular flexibility index (Phi) is 26.4. The van der Waals surface area contributed by atoms with Crippen LogP contribution in [0.2, 0.25) is 0 Å². The van der Waals surface area contributed by atoms with Crippen LogP contribution in [0.25, 0.3) is 0 Å². The number of hydrogen-bond acceptors (Lipinski definition) is 12. The van der Waals surface area contributed by atoms with Crippen LogP contribution in [0.15, 0.2) is 0 Å². The monoisotopic (exact) mass is 870 g/mol. The average Bonchev–Trinajstić information content (AvgIpc) is 3.19. The molecule has 0 fully saturated rings. The molecule has 10 atom stereocenters. The van der Waals surface area contributed by atoms with Gasteiger partial charge in [0.15, 0.2) is 0 Å². The van der Waals surface area contributed by atoms with E-state index in [1.54, 1.807) is 0 Å². The van der Waals surface area contributed by atoms with Crippen molar-refractivity contribution in [2.75, 3.05) is 6.54 Å². The van der Waals surface area contributed by atoms with Crippen molar-refractivity contribution in [3.05, 3.63) is 0 Å². The lowest BCUT2D eigenvalue weighted by atomic mass is 10.0. The van der Waals surface area contributed by atoms with Crippen molar-refractivity contribution in [3.63, 3.8) is 0 Å². The van der Waals surface area contributed by atoms with Crippen molar-refractivity contribution >= 4 is 59.1 Å². The van der Waals surface area contributed by atoms with Gasteiger partial charge in [0.1, 0.15) is 54.4 Å². The SMILES string of the molecule is CCCC[C@H](NC(=O)[C@H](C)N)C(=O)N[C@@H](C)C(=O)N[C@@H](C)C(=O)N[C@@H](C)C(=O)N[C@@H](C)C(=O)N[C@@H](C)C(=O)N[C@@H](CCCCN)C(=O)N[C@@H](CCCC)C(=O)N[C@@H](C)C(=O)O. The summed E-state index contributed by atoms with van der Waals surface area (Å²) < 4.78 is 0. The second kappa shape index (κ2) is 29.0. The molecular formula is C39H71N11O11. The number of carboxylic acid groups (broad SMARTS) is 1. The molecule has 0 aromatic heterocycles. The number of unbranched alkanes of at least 4 members (excludes halogenated alkanes) is 3. The van der Waals surface area contributed by atoms with E-state index in [0.29, 0.717) is 45.1 Å². The summed E-state index contributed by atoms with van der Waals surface area (Å²) in [7, 11) is 0. The Morgan fingerprint density at radius 3 is 0.967 bits per heavy atom. The first-order valence-corrected chi connectivity index (χ1v) is 20.9. The van der Waals surface area contributed by atoms with Crippen LogP contribution in [0.5, 0.6) is 0 Å². The second-order valence-corrected chi connectivity index (χ2v) is 15.3. The summed E-state index contributed by atoms with van der Waals surface area (Å²) in [6.45, 7) is 13.7. The van der Waals surface area contributed by atoms with E-state index in [4.69, 9.17) is 11.5 Å². The van der Waals surface area contributed by atoms with Gasteiger partial charge >= 0.3 is 5.97 Å².